The largest absolute Gasteiger partial charge is 0.285 e. The number of fused-ring (bicyclic) bond motifs is 1. The molecule has 0 aromatic heterocycles. The average Bonchev–Trinajstić information content (AvgIpc) is 2.71. The van der Waals surface area contributed by atoms with Crippen LogP contribution in [-0.2, 0) is 11.4 Å². The average molecular weight is 322 g/mol. The van der Waals surface area contributed by atoms with Crippen molar-refractivity contribution in [3.8, 4) is 0 Å². The topological polar surface area (TPSA) is 46.6 Å². The van der Waals surface area contributed by atoms with E-state index >= 15 is 0 Å². The Morgan fingerprint density at radius 3 is 2.14 bits per heavy atom. The third-order valence-corrected chi connectivity index (χ3v) is 3.71. The fourth-order valence-electron chi connectivity index (χ4n) is 2.06. The molecule has 21 heavy (non-hydrogen) atoms. The number of hydrogen-bond donors (Lipinski definition) is 0. The molecule has 3 rings (SSSR count). The van der Waals surface area contributed by atoms with Gasteiger partial charge < -0.3 is 0 Å². The van der Waals surface area contributed by atoms with Crippen molar-refractivity contribution in [3.63, 3.8) is 0 Å². The third-order valence-electron chi connectivity index (χ3n) is 3.12. The highest BCUT2D eigenvalue weighted by Gasteiger charge is 2.36. The molecule has 6 heteroatoms. The number of rotatable bonds is 3. The van der Waals surface area contributed by atoms with Crippen LogP contribution in [0.3, 0.4) is 0 Å². The van der Waals surface area contributed by atoms with Crippen LogP contribution in [0.1, 0.15) is 26.3 Å². The van der Waals surface area contributed by atoms with Gasteiger partial charge in [0.1, 0.15) is 6.61 Å². The van der Waals surface area contributed by atoms with Gasteiger partial charge in [0.05, 0.1) is 11.1 Å². The first-order chi connectivity index (χ1) is 10.1. The van der Waals surface area contributed by atoms with Crippen molar-refractivity contribution in [2.75, 3.05) is 0 Å². The molecule has 1 heterocycles. The Bertz CT molecular complexity index is 710. The highest BCUT2D eigenvalue weighted by molar-refractivity contribution is 6.35. The summed E-state index contributed by atoms with van der Waals surface area (Å²) in [6.45, 7) is 0.00146. The summed E-state index contributed by atoms with van der Waals surface area (Å²) in [4.78, 5) is 29.5. The van der Waals surface area contributed by atoms with E-state index in [1.165, 1.54) is 0 Å². The maximum Gasteiger partial charge on any atom is 0.285 e. The molecule has 0 radical (unpaired) electrons. The Morgan fingerprint density at radius 1 is 0.952 bits per heavy atom. The summed E-state index contributed by atoms with van der Waals surface area (Å²) in [5.74, 6) is -0.943. The summed E-state index contributed by atoms with van der Waals surface area (Å²) < 4.78 is 0. The molecule has 2 aromatic carbocycles. The molecule has 2 amide bonds. The molecular weight excluding hydrogens is 313 g/mol. The first kappa shape index (κ1) is 14.1. The van der Waals surface area contributed by atoms with E-state index in [-0.39, 0.29) is 6.61 Å². The molecule has 0 aliphatic carbocycles. The van der Waals surface area contributed by atoms with Gasteiger partial charge in [-0.25, -0.2) is 0 Å². The minimum atomic E-state index is -0.472. The van der Waals surface area contributed by atoms with Crippen LogP contribution < -0.4 is 0 Å². The van der Waals surface area contributed by atoms with Gasteiger partial charge in [0.15, 0.2) is 0 Å². The van der Waals surface area contributed by atoms with Crippen LogP contribution >= 0.6 is 23.2 Å². The van der Waals surface area contributed by atoms with Crippen molar-refractivity contribution in [3.05, 3.63) is 69.2 Å². The molecule has 1 aliphatic rings. The zero-order valence-corrected chi connectivity index (χ0v) is 12.2. The molecule has 0 saturated heterocycles. The van der Waals surface area contributed by atoms with Crippen molar-refractivity contribution >= 4 is 35.0 Å². The minimum Gasteiger partial charge on any atom is -0.266 e. The van der Waals surface area contributed by atoms with Gasteiger partial charge in [-0.2, -0.15) is 0 Å². The summed E-state index contributed by atoms with van der Waals surface area (Å²) in [6, 6.07) is 11.5. The minimum absolute atomic E-state index is 0.00146. The lowest BCUT2D eigenvalue weighted by molar-refractivity contribution is -0.101. The summed E-state index contributed by atoms with van der Waals surface area (Å²) in [7, 11) is 0. The van der Waals surface area contributed by atoms with E-state index in [4.69, 9.17) is 28.0 Å². The number of benzene rings is 2. The van der Waals surface area contributed by atoms with E-state index < -0.39 is 11.8 Å². The van der Waals surface area contributed by atoms with Crippen LogP contribution in [0.2, 0.25) is 10.0 Å². The van der Waals surface area contributed by atoms with Gasteiger partial charge in [0.2, 0.25) is 0 Å². The number of hydrogen-bond acceptors (Lipinski definition) is 3. The van der Waals surface area contributed by atoms with Crippen LogP contribution in [0.15, 0.2) is 42.5 Å². The monoisotopic (exact) mass is 321 g/mol. The van der Waals surface area contributed by atoms with E-state index in [0.717, 1.165) is 5.06 Å². The van der Waals surface area contributed by atoms with Crippen molar-refractivity contribution in [2.24, 2.45) is 0 Å². The standard InChI is InChI=1S/C15H9Cl2NO3/c16-10-6-5-9(13(17)7-10)8-21-18-14(19)11-3-1-2-4-12(11)15(18)20/h1-7H,8H2. The van der Waals surface area contributed by atoms with Crippen LogP contribution in [0.4, 0.5) is 0 Å². The molecule has 106 valence electrons. The van der Waals surface area contributed by atoms with E-state index in [1.54, 1.807) is 42.5 Å². The van der Waals surface area contributed by atoms with Crippen LogP contribution in [-0.4, -0.2) is 16.9 Å². The molecule has 0 fully saturated rings. The fraction of sp³-hybridized carbons (Fsp3) is 0.0667. The second-order valence-electron chi connectivity index (χ2n) is 4.46. The number of amides is 2. The van der Waals surface area contributed by atoms with Crippen molar-refractivity contribution in [1.29, 1.82) is 0 Å². The molecule has 4 nitrogen and oxygen atoms in total. The van der Waals surface area contributed by atoms with Crippen molar-refractivity contribution in [2.45, 2.75) is 6.61 Å². The number of carbonyl (C=O) groups is 2. The lowest BCUT2D eigenvalue weighted by Gasteiger charge is -2.14. The summed E-state index contributed by atoms with van der Waals surface area (Å²) in [6.07, 6.45) is 0. The number of imide groups is 1. The Hall–Kier alpha value is -1.88. The van der Waals surface area contributed by atoms with E-state index in [9.17, 15) is 9.59 Å². The number of hydroxylamine groups is 2. The molecule has 0 atom stereocenters. The van der Waals surface area contributed by atoms with Crippen LogP contribution in [0, 0.1) is 0 Å². The van der Waals surface area contributed by atoms with Gasteiger partial charge in [0, 0.05) is 10.0 Å². The smallest absolute Gasteiger partial charge is 0.266 e. The predicted molar refractivity (Wildman–Crippen MR) is 78.2 cm³/mol. The molecule has 0 bridgehead atoms. The van der Waals surface area contributed by atoms with Gasteiger partial charge in [-0.3, -0.25) is 14.4 Å². The molecule has 0 N–H and O–H groups in total. The van der Waals surface area contributed by atoms with Crippen molar-refractivity contribution in [1.82, 2.24) is 5.06 Å². The first-order valence-electron chi connectivity index (χ1n) is 6.12. The second kappa shape index (κ2) is 5.48. The Labute approximate surface area is 130 Å². The normalized spacial score (nSPS) is 13.7. The quantitative estimate of drug-likeness (QED) is 0.809. The van der Waals surface area contributed by atoms with Crippen molar-refractivity contribution < 1.29 is 14.4 Å². The number of nitrogens with zero attached hydrogens (tertiary/aromatic N) is 1. The molecule has 1 aliphatic heterocycles. The zero-order valence-electron chi connectivity index (χ0n) is 10.7. The van der Waals surface area contributed by atoms with Crippen LogP contribution in [0.25, 0.3) is 0 Å². The molecule has 0 saturated carbocycles. The van der Waals surface area contributed by atoms with E-state index in [0.29, 0.717) is 26.7 Å². The molecular formula is C15H9Cl2NO3. The van der Waals surface area contributed by atoms with Gasteiger partial charge in [-0.1, -0.05) is 41.4 Å². The zero-order chi connectivity index (χ0) is 15.0. The molecule has 0 unspecified atom stereocenters. The molecule has 0 spiro atoms. The highest BCUT2D eigenvalue weighted by Crippen LogP contribution is 2.25. The van der Waals surface area contributed by atoms with Gasteiger partial charge in [0.25, 0.3) is 11.8 Å². The Morgan fingerprint density at radius 2 is 1.57 bits per heavy atom. The number of carbonyl (C=O) groups excluding carboxylic acids is 2. The van der Waals surface area contributed by atoms with Crippen LogP contribution in [0.5, 0.6) is 0 Å². The Balaban J connectivity index is 1.78. The second-order valence-corrected chi connectivity index (χ2v) is 5.30. The highest BCUT2D eigenvalue weighted by atomic mass is 35.5. The van der Waals surface area contributed by atoms with Gasteiger partial charge in [-0.05, 0) is 29.8 Å². The fourth-order valence-corrected chi connectivity index (χ4v) is 2.52. The maximum atomic E-state index is 12.1. The third kappa shape index (κ3) is 2.53. The van der Waals surface area contributed by atoms with Gasteiger partial charge in [-0.15, -0.1) is 5.06 Å². The lowest BCUT2D eigenvalue weighted by atomic mass is 10.1. The van der Waals surface area contributed by atoms with E-state index in [2.05, 4.69) is 0 Å². The predicted octanol–water partition coefficient (Wildman–Crippen LogP) is 3.72. The van der Waals surface area contributed by atoms with Gasteiger partial charge >= 0.3 is 0 Å². The summed E-state index contributed by atoms with van der Waals surface area (Å²) in [5.41, 5.74) is 1.31. The van der Waals surface area contributed by atoms with E-state index in [1.807, 2.05) is 0 Å². The SMILES string of the molecule is O=C1c2ccccc2C(=O)N1OCc1ccc(Cl)cc1Cl. The number of halogens is 2. The summed E-state index contributed by atoms with van der Waals surface area (Å²) >= 11 is 11.8. The maximum absolute atomic E-state index is 12.1. The molecule has 2 aromatic rings. The Kier molecular flexibility index (Phi) is 3.68. The lowest BCUT2D eigenvalue weighted by Crippen LogP contribution is -2.29. The first-order valence-corrected chi connectivity index (χ1v) is 6.88. The summed E-state index contributed by atoms with van der Waals surface area (Å²) in [5, 5.41) is 1.68.